The fraction of sp³-hybridized carbons (Fsp3) is 1.00. The fourth-order valence-corrected chi connectivity index (χ4v) is 1.89. The first-order valence-electron chi connectivity index (χ1n) is 5.56. The van der Waals surface area contributed by atoms with Gasteiger partial charge in [-0.15, -0.1) is 0 Å². The molecule has 0 amide bonds. The lowest BCUT2D eigenvalue weighted by Crippen LogP contribution is -2.50. The van der Waals surface area contributed by atoms with Crippen molar-refractivity contribution in [2.24, 2.45) is 0 Å². The Bertz CT molecular complexity index is 197. The molecule has 1 atom stereocenters. The average molecular weight is 240 g/mol. The molecule has 1 unspecified atom stereocenters. The van der Waals surface area contributed by atoms with Crippen molar-refractivity contribution in [3.63, 3.8) is 0 Å². The summed E-state index contributed by atoms with van der Waals surface area (Å²) in [6.45, 7) is 3.20. The van der Waals surface area contributed by atoms with Crippen LogP contribution in [0.15, 0.2) is 0 Å². The lowest BCUT2D eigenvalue weighted by Gasteiger charge is -2.35. The summed E-state index contributed by atoms with van der Waals surface area (Å²) in [4.78, 5) is 2.08. The Balaban J connectivity index is 2.27. The van der Waals surface area contributed by atoms with Gasteiger partial charge in [-0.3, -0.25) is 4.90 Å². The van der Waals surface area contributed by atoms with Crippen molar-refractivity contribution in [1.82, 2.24) is 10.2 Å². The Hall–Kier alpha value is -0.330. The van der Waals surface area contributed by atoms with Gasteiger partial charge in [-0.1, -0.05) is 0 Å². The second kappa shape index (κ2) is 6.42. The molecule has 6 heteroatoms. The molecule has 3 nitrogen and oxygen atoms in total. The van der Waals surface area contributed by atoms with Gasteiger partial charge in [-0.05, 0) is 20.0 Å². The van der Waals surface area contributed by atoms with Gasteiger partial charge < -0.3 is 10.1 Å². The van der Waals surface area contributed by atoms with E-state index in [1.165, 1.54) is 0 Å². The zero-order chi connectivity index (χ0) is 12.0. The number of nitrogens with zero attached hydrogens (tertiary/aromatic N) is 1. The first-order chi connectivity index (χ1) is 7.53. The monoisotopic (exact) mass is 240 g/mol. The maximum atomic E-state index is 12.0. The molecule has 0 aromatic carbocycles. The Morgan fingerprint density at radius 2 is 2.19 bits per heavy atom. The quantitative estimate of drug-likeness (QED) is 0.782. The van der Waals surface area contributed by atoms with Crippen molar-refractivity contribution in [1.29, 1.82) is 0 Å². The Kier molecular flexibility index (Phi) is 5.51. The third kappa shape index (κ3) is 5.14. The van der Waals surface area contributed by atoms with E-state index in [1.807, 2.05) is 7.05 Å². The Morgan fingerprint density at radius 3 is 2.81 bits per heavy atom. The molecule has 16 heavy (non-hydrogen) atoms. The third-order valence-corrected chi connectivity index (χ3v) is 2.69. The van der Waals surface area contributed by atoms with Gasteiger partial charge in [0.25, 0.3) is 0 Å². The highest BCUT2D eigenvalue weighted by atomic mass is 19.4. The molecule has 0 saturated carbocycles. The van der Waals surface area contributed by atoms with Gasteiger partial charge in [0.2, 0.25) is 0 Å². The van der Waals surface area contributed by atoms with Crippen LogP contribution in [0.25, 0.3) is 0 Å². The highest BCUT2D eigenvalue weighted by Gasteiger charge is 2.28. The average Bonchev–Trinajstić information content (AvgIpc) is 2.19. The molecule has 1 rings (SSSR count). The van der Waals surface area contributed by atoms with Crippen LogP contribution in [0, 0.1) is 0 Å². The highest BCUT2D eigenvalue weighted by Crippen LogP contribution is 2.21. The van der Waals surface area contributed by atoms with E-state index in [2.05, 4.69) is 10.2 Å². The van der Waals surface area contributed by atoms with Crippen LogP contribution in [0.3, 0.4) is 0 Å². The molecule has 1 fully saturated rings. The van der Waals surface area contributed by atoms with Gasteiger partial charge in [-0.2, -0.15) is 13.2 Å². The summed E-state index contributed by atoms with van der Waals surface area (Å²) in [5, 5.41) is 3.03. The minimum absolute atomic E-state index is 0.170. The van der Waals surface area contributed by atoms with Gasteiger partial charge in [0.15, 0.2) is 0 Å². The van der Waals surface area contributed by atoms with Crippen LogP contribution >= 0.6 is 0 Å². The van der Waals surface area contributed by atoms with E-state index in [4.69, 9.17) is 4.74 Å². The van der Waals surface area contributed by atoms with Crippen molar-refractivity contribution in [3.05, 3.63) is 0 Å². The van der Waals surface area contributed by atoms with Crippen LogP contribution in [-0.2, 0) is 4.74 Å². The summed E-state index contributed by atoms with van der Waals surface area (Å²) in [6, 6.07) is 0.201. The van der Waals surface area contributed by atoms with Crippen LogP contribution in [0.5, 0.6) is 0 Å². The van der Waals surface area contributed by atoms with Crippen molar-refractivity contribution < 1.29 is 17.9 Å². The standard InChI is InChI=1S/C10H19F3N2O/c1-14-7-9-8-16-6-5-15(9)4-2-3-10(11,12)13/h9,14H,2-8H2,1H3. The molecular formula is C10H19F3N2O. The number of likely N-dealkylation sites (N-methyl/N-ethyl adjacent to an activating group) is 1. The number of nitrogens with one attached hydrogen (secondary N) is 1. The summed E-state index contributed by atoms with van der Waals surface area (Å²) in [5.41, 5.74) is 0. The van der Waals surface area contributed by atoms with Crippen molar-refractivity contribution in [2.45, 2.75) is 25.1 Å². The minimum Gasteiger partial charge on any atom is -0.378 e. The van der Waals surface area contributed by atoms with Crippen molar-refractivity contribution >= 4 is 0 Å². The van der Waals surface area contributed by atoms with Crippen molar-refractivity contribution in [2.75, 3.05) is 39.9 Å². The maximum absolute atomic E-state index is 12.0. The van der Waals surface area contributed by atoms with Gasteiger partial charge in [-0.25, -0.2) is 0 Å². The van der Waals surface area contributed by atoms with E-state index in [0.717, 1.165) is 13.1 Å². The normalized spacial score (nSPS) is 23.6. The Labute approximate surface area is 93.9 Å². The molecule has 0 aromatic heterocycles. The summed E-state index contributed by atoms with van der Waals surface area (Å²) in [5.74, 6) is 0. The molecule has 0 aliphatic carbocycles. The lowest BCUT2D eigenvalue weighted by atomic mass is 10.2. The van der Waals surface area contributed by atoms with Crippen molar-refractivity contribution in [3.8, 4) is 0 Å². The number of alkyl halides is 3. The summed E-state index contributed by atoms with van der Waals surface area (Å²) >= 11 is 0. The first kappa shape index (κ1) is 13.7. The molecule has 1 aliphatic rings. The van der Waals surface area contributed by atoms with Gasteiger partial charge in [0.05, 0.1) is 13.2 Å². The van der Waals surface area contributed by atoms with E-state index in [0.29, 0.717) is 19.8 Å². The zero-order valence-electron chi connectivity index (χ0n) is 9.52. The second-order valence-corrected chi connectivity index (χ2v) is 4.04. The van der Waals surface area contributed by atoms with E-state index in [9.17, 15) is 13.2 Å². The highest BCUT2D eigenvalue weighted by molar-refractivity contribution is 4.76. The molecule has 1 N–H and O–H groups in total. The molecule has 0 spiro atoms. The van der Waals surface area contributed by atoms with E-state index in [-0.39, 0.29) is 12.5 Å². The SMILES string of the molecule is CNCC1COCCN1CCCC(F)(F)F. The Morgan fingerprint density at radius 1 is 1.44 bits per heavy atom. The molecule has 96 valence electrons. The van der Waals surface area contributed by atoms with E-state index >= 15 is 0 Å². The zero-order valence-corrected chi connectivity index (χ0v) is 9.52. The number of rotatable bonds is 5. The lowest BCUT2D eigenvalue weighted by molar-refractivity contribution is -0.137. The number of ether oxygens (including phenoxy) is 1. The molecule has 0 aromatic rings. The second-order valence-electron chi connectivity index (χ2n) is 4.04. The number of hydrogen-bond acceptors (Lipinski definition) is 3. The van der Waals surface area contributed by atoms with Gasteiger partial charge >= 0.3 is 6.18 Å². The van der Waals surface area contributed by atoms with Crippen LogP contribution in [0.2, 0.25) is 0 Å². The number of halogens is 3. The maximum Gasteiger partial charge on any atom is 0.389 e. The van der Waals surface area contributed by atoms with E-state index in [1.54, 1.807) is 0 Å². The van der Waals surface area contributed by atoms with Gasteiger partial charge in [0.1, 0.15) is 0 Å². The summed E-state index contributed by atoms with van der Waals surface area (Å²) < 4.78 is 41.3. The molecule has 0 bridgehead atoms. The minimum atomic E-state index is -4.04. The van der Waals surface area contributed by atoms with Crippen LogP contribution < -0.4 is 5.32 Å². The third-order valence-electron chi connectivity index (χ3n) is 2.69. The van der Waals surface area contributed by atoms with Crippen LogP contribution in [0.1, 0.15) is 12.8 Å². The molecular weight excluding hydrogens is 221 g/mol. The molecule has 1 aliphatic heterocycles. The largest absolute Gasteiger partial charge is 0.389 e. The molecule has 1 heterocycles. The van der Waals surface area contributed by atoms with E-state index < -0.39 is 12.6 Å². The topological polar surface area (TPSA) is 24.5 Å². The smallest absolute Gasteiger partial charge is 0.378 e. The van der Waals surface area contributed by atoms with Gasteiger partial charge in [0, 0.05) is 25.6 Å². The summed E-state index contributed by atoms with van der Waals surface area (Å²) in [7, 11) is 1.84. The number of morpholine rings is 1. The molecule has 0 radical (unpaired) electrons. The predicted octanol–water partition coefficient (Wildman–Crippen LogP) is 1.25. The van der Waals surface area contributed by atoms with Crippen LogP contribution in [0.4, 0.5) is 13.2 Å². The summed E-state index contributed by atoms with van der Waals surface area (Å²) in [6.07, 6.45) is -4.56. The van der Waals surface area contributed by atoms with Crippen LogP contribution in [-0.4, -0.2) is 57.0 Å². The fourth-order valence-electron chi connectivity index (χ4n) is 1.89. The predicted molar refractivity (Wildman–Crippen MR) is 55.4 cm³/mol. The first-order valence-corrected chi connectivity index (χ1v) is 5.56. The number of hydrogen-bond donors (Lipinski definition) is 1. The molecule has 1 saturated heterocycles.